The minimum absolute atomic E-state index is 0.0716. The fourth-order valence-corrected chi connectivity index (χ4v) is 8.37. The Hall–Kier alpha value is -6.30. The van der Waals surface area contributed by atoms with E-state index in [4.69, 9.17) is 18.9 Å². The molecule has 1 aliphatic rings. The molecule has 0 radical (unpaired) electrons. The van der Waals surface area contributed by atoms with E-state index in [1.807, 2.05) is 152 Å². The minimum Gasteiger partial charge on any atom is -0.431 e. The van der Waals surface area contributed by atoms with Gasteiger partial charge in [0.2, 0.25) is 0 Å². The van der Waals surface area contributed by atoms with E-state index in [9.17, 15) is 14.7 Å². The van der Waals surface area contributed by atoms with Gasteiger partial charge in [0.05, 0.1) is 24.9 Å². The molecule has 2 amide bonds. The number of thioether (sulfide) groups is 1. The monoisotopic (exact) mass is 815 g/mol. The van der Waals surface area contributed by atoms with Gasteiger partial charge in [-0.2, -0.15) is 0 Å². The summed E-state index contributed by atoms with van der Waals surface area (Å²) in [4.78, 5) is 30.9. The van der Waals surface area contributed by atoms with E-state index in [1.54, 1.807) is 6.07 Å². The number of aliphatic hydroxyl groups is 1. The van der Waals surface area contributed by atoms with E-state index >= 15 is 0 Å². The highest BCUT2D eigenvalue weighted by atomic mass is 32.2. The van der Waals surface area contributed by atoms with Crippen molar-refractivity contribution in [1.29, 1.82) is 0 Å². The Morgan fingerprint density at radius 3 is 2.00 bits per heavy atom. The molecule has 9 nitrogen and oxygen atoms in total. The Morgan fingerprint density at radius 2 is 1.33 bits per heavy atom. The first-order valence-electron chi connectivity index (χ1n) is 19.9. The number of aliphatic hydroxyl groups excluding tert-OH is 1. The number of ketones is 1. The fraction of sp³-hybridized carbons (Fsp3) is 0.180. The van der Waals surface area contributed by atoms with Gasteiger partial charge in [0, 0.05) is 34.0 Å². The van der Waals surface area contributed by atoms with E-state index < -0.39 is 30.6 Å². The molecule has 60 heavy (non-hydrogen) atoms. The van der Waals surface area contributed by atoms with Crippen molar-refractivity contribution in [3.63, 3.8) is 0 Å². The Labute approximate surface area is 353 Å². The van der Waals surface area contributed by atoms with Crippen molar-refractivity contribution in [1.82, 2.24) is 10.3 Å². The summed E-state index contributed by atoms with van der Waals surface area (Å²) >= 11 is 1.49. The fourth-order valence-electron chi connectivity index (χ4n) is 7.48. The molecule has 0 aliphatic carbocycles. The predicted molar refractivity (Wildman–Crippen MR) is 234 cm³/mol. The van der Waals surface area contributed by atoms with Crippen LogP contribution >= 0.6 is 11.8 Å². The summed E-state index contributed by atoms with van der Waals surface area (Å²) < 4.78 is 20.4. The van der Waals surface area contributed by atoms with Crippen LogP contribution in [0, 0.1) is 0 Å². The smallest absolute Gasteiger partial charge is 0.319 e. The highest BCUT2D eigenvalue weighted by molar-refractivity contribution is 7.99. The molecule has 2 heterocycles. The first-order valence-corrected chi connectivity index (χ1v) is 20.9. The number of ether oxygens (including phenoxy) is 2. The highest BCUT2D eigenvalue weighted by Crippen LogP contribution is 2.48. The zero-order valence-corrected chi connectivity index (χ0v) is 33.8. The molecule has 3 N–H and O–H groups in total. The number of benzene rings is 6. The average molecular weight is 816 g/mol. The SMILES string of the molecule is CC(=O)C(Cc1ccccc1)NC(=O)Nc1cccc(C2OC(CSc3nc(-c4ccccc4)c(-c4ccccc4)o3)C(c3ccccc3)C(c3ccc(CO)cc3)O2)c1. The average Bonchev–Trinajstić information content (AvgIpc) is 3.73. The van der Waals surface area contributed by atoms with Crippen LogP contribution < -0.4 is 10.6 Å². The number of carbonyl (C=O) groups is 2. The molecule has 8 rings (SSSR count). The third kappa shape index (κ3) is 9.76. The minimum atomic E-state index is -0.824. The van der Waals surface area contributed by atoms with Gasteiger partial charge in [-0.1, -0.05) is 169 Å². The van der Waals surface area contributed by atoms with Gasteiger partial charge in [-0.25, -0.2) is 9.78 Å². The molecule has 1 aromatic heterocycles. The number of nitrogens with zero attached hydrogens (tertiary/aromatic N) is 1. The van der Waals surface area contributed by atoms with E-state index in [1.165, 1.54) is 18.7 Å². The van der Waals surface area contributed by atoms with Crippen molar-refractivity contribution in [3.05, 3.63) is 198 Å². The summed E-state index contributed by atoms with van der Waals surface area (Å²) in [5, 5.41) is 16.1. The molecule has 1 saturated heterocycles. The zero-order chi connectivity index (χ0) is 41.3. The molecule has 302 valence electrons. The Kier molecular flexibility index (Phi) is 12.9. The van der Waals surface area contributed by atoms with Crippen LogP contribution in [0.3, 0.4) is 0 Å². The second kappa shape index (κ2) is 19.2. The summed E-state index contributed by atoms with van der Waals surface area (Å²) in [7, 11) is 0. The molecule has 5 unspecified atom stereocenters. The third-order valence-corrected chi connectivity index (χ3v) is 11.4. The summed E-state index contributed by atoms with van der Waals surface area (Å²) in [5.74, 6) is 0.785. The van der Waals surface area contributed by atoms with Crippen molar-refractivity contribution in [2.24, 2.45) is 0 Å². The Morgan fingerprint density at radius 1 is 0.700 bits per heavy atom. The van der Waals surface area contributed by atoms with Crippen LogP contribution in [-0.4, -0.2) is 39.8 Å². The van der Waals surface area contributed by atoms with Crippen molar-refractivity contribution < 1.29 is 28.6 Å². The van der Waals surface area contributed by atoms with Gasteiger partial charge in [0.25, 0.3) is 5.22 Å². The lowest BCUT2D eigenvalue weighted by Crippen LogP contribution is -2.43. The summed E-state index contributed by atoms with van der Waals surface area (Å²) in [6, 6.07) is 53.8. The van der Waals surface area contributed by atoms with Crippen LogP contribution in [0.15, 0.2) is 179 Å². The molecule has 6 aromatic carbocycles. The van der Waals surface area contributed by atoms with Crippen LogP contribution in [0.25, 0.3) is 22.6 Å². The van der Waals surface area contributed by atoms with Crippen LogP contribution in [0.5, 0.6) is 0 Å². The third-order valence-electron chi connectivity index (χ3n) is 10.5. The first kappa shape index (κ1) is 40.5. The summed E-state index contributed by atoms with van der Waals surface area (Å²) in [6.45, 7) is 1.40. The van der Waals surface area contributed by atoms with Crippen LogP contribution in [0.2, 0.25) is 0 Å². The van der Waals surface area contributed by atoms with Gasteiger partial charge in [-0.15, -0.1) is 0 Å². The number of urea groups is 1. The van der Waals surface area contributed by atoms with Gasteiger partial charge in [-0.3, -0.25) is 4.79 Å². The van der Waals surface area contributed by atoms with Gasteiger partial charge >= 0.3 is 6.03 Å². The number of oxazole rings is 1. The number of Topliss-reactive ketones (excluding diaryl/α,β-unsaturated/α-hetero) is 1. The van der Waals surface area contributed by atoms with Gasteiger partial charge < -0.3 is 29.6 Å². The zero-order valence-electron chi connectivity index (χ0n) is 33.0. The molecule has 0 bridgehead atoms. The van der Waals surface area contributed by atoms with Crippen molar-refractivity contribution in [2.45, 2.75) is 55.6 Å². The standard InChI is InChI=1S/C50H45N3O6S/c1-33(55)42(29-34-15-6-2-7-16-34)52-49(56)51-41-24-14-23-40(30-41)48-57-43(44(36-17-8-3-9-18-36)46(58-48)39-27-25-35(31-54)26-28-39)32-60-50-53-45(37-19-10-4-11-20-37)47(59-50)38-21-12-5-13-22-38/h2-28,30,42-44,46,48,54H,29,31-32H2,1H3,(H2,51,52,56). The number of hydrogen-bond donors (Lipinski definition) is 3. The van der Waals surface area contributed by atoms with Gasteiger partial charge in [0.15, 0.2) is 17.8 Å². The maximum atomic E-state index is 13.3. The van der Waals surface area contributed by atoms with Gasteiger partial charge in [-0.05, 0) is 47.7 Å². The highest BCUT2D eigenvalue weighted by Gasteiger charge is 2.42. The molecule has 1 fully saturated rings. The number of rotatable bonds is 14. The van der Waals surface area contributed by atoms with E-state index in [2.05, 4.69) is 22.8 Å². The van der Waals surface area contributed by atoms with Crippen LogP contribution in [0.4, 0.5) is 10.5 Å². The molecule has 0 spiro atoms. The van der Waals surface area contributed by atoms with Crippen molar-refractivity contribution in [2.75, 3.05) is 11.1 Å². The number of amides is 2. The topological polar surface area (TPSA) is 123 Å². The number of anilines is 1. The lowest BCUT2D eigenvalue weighted by Gasteiger charge is -2.43. The Balaban J connectivity index is 1.09. The van der Waals surface area contributed by atoms with Crippen LogP contribution in [0.1, 0.15) is 53.1 Å². The van der Waals surface area contributed by atoms with E-state index in [0.29, 0.717) is 34.4 Å². The van der Waals surface area contributed by atoms with Gasteiger partial charge in [0.1, 0.15) is 5.69 Å². The predicted octanol–water partition coefficient (Wildman–Crippen LogP) is 10.6. The molecular weight excluding hydrogens is 771 g/mol. The maximum Gasteiger partial charge on any atom is 0.319 e. The van der Waals surface area contributed by atoms with E-state index in [-0.39, 0.29) is 18.3 Å². The van der Waals surface area contributed by atoms with Crippen molar-refractivity contribution >= 4 is 29.3 Å². The molecule has 1 aliphatic heterocycles. The van der Waals surface area contributed by atoms with Crippen LogP contribution in [-0.2, 0) is 27.3 Å². The first-order chi connectivity index (χ1) is 29.4. The quantitative estimate of drug-likeness (QED) is 0.0928. The largest absolute Gasteiger partial charge is 0.431 e. The molecule has 0 saturated carbocycles. The van der Waals surface area contributed by atoms with Crippen molar-refractivity contribution in [3.8, 4) is 22.6 Å². The number of carbonyl (C=O) groups excluding carboxylic acids is 2. The second-order valence-corrected chi connectivity index (χ2v) is 15.6. The molecule has 7 aromatic rings. The number of hydrogen-bond acceptors (Lipinski definition) is 8. The lowest BCUT2D eigenvalue weighted by molar-refractivity contribution is -0.255. The second-order valence-electron chi connectivity index (χ2n) is 14.7. The summed E-state index contributed by atoms with van der Waals surface area (Å²) in [6.07, 6.45) is -1.30. The Bertz CT molecular complexity index is 2430. The molecular formula is C50H45N3O6S. The summed E-state index contributed by atoms with van der Waals surface area (Å²) in [5.41, 5.74) is 7.59. The normalized spacial score (nSPS) is 18.0. The molecule has 10 heteroatoms. The maximum absolute atomic E-state index is 13.3. The van der Waals surface area contributed by atoms with E-state index in [0.717, 1.165) is 39.1 Å². The molecule has 5 atom stereocenters. The number of nitrogens with one attached hydrogen (secondary N) is 2. The number of aromatic nitrogens is 1. The lowest BCUT2D eigenvalue weighted by atomic mass is 9.84.